The number of Topliss-reactive ketones (excluding diaryl/α,β-unsaturated/α-hetero) is 2. The molecule has 0 aromatic heterocycles. The lowest BCUT2D eigenvalue weighted by Crippen LogP contribution is -2.39. The third-order valence-electron chi connectivity index (χ3n) is 7.78. The molecular weight excluding hydrogens is 638 g/mol. The van der Waals surface area contributed by atoms with Gasteiger partial charge in [0.25, 0.3) is 0 Å². The van der Waals surface area contributed by atoms with E-state index in [0.717, 1.165) is 81.3 Å². The summed E-state index contributed by atoms with van der Waals surface area (Å²) in [6.07, 6.45) is 5.18. The van der Waals surface area contributed by atoms with E-state index in [-0.39, 0.29) is 11.6 Å². The van der Waals surface area contributed by atoms with Crippen LogP contribution in [0.5, 0.6) is 11.5 Å². The van der Waals surface area contributed by atoms with E-state index in [1.54, 1.807) is 7.11 Å². The van der Waals surface area contributed by atoms with Crippen molar-refractivity contribution < 1.29 is 23.8 Å². The first-order valence-electron chi connectivity index (χ1n) is 14.0. The van der Waals surface area contributed by atoms with E-state index in [0.29, 0.717) is 44.2 Å². The monoisotopic (exact) mass is 671 g/mol. The minimum atomic E-state index is -0.402. The van der Waals surface area contributed by atoms with Crippen molar-refractivity contribution in [2.75, 3.05) is 26.9 Å². The molecule has 0 radical (unpaired) electrons. The van der Waals surface area contributed by atoms with Gasteiger partial charge < -0.3 is 19.1 Å². The zero-order valence-electron chi connectivity index (χ0n) is 23.1. The van der Waals surface area contributed by atoms with Gasteiger partial charge in [-0.3, -0.25) is 9.59 Å². The fraction of sp³-hybridized carbons (Fsp3) is 0.438. The number of methoxy groups -OCH3 is 1. The normalized spacial score (nSPS) is 17.8. The molecule has 2 aliphatic carbocycles. The van der Waals surface area contributed by atoms with Crippen LogP contribution in [0.15, 0.2) is 67.9 Å². The van der Waals surface area contributed by atoms with E-state index in [4.69, 9.17) is 14.2 Å². The Morgan fingerprint density at radius 3 is 2.15 bits per heavy atom. The smallest absolute Gasteiger partial charge is 0.175 e. The quantitative estimate of drug-likeness (QED) is 0.242. The second-order valence-corrected chi connectivity index (χ2v) is 12.2. The highest BCUT2D eigenvalue weighted by Gasteiger charge is 2.43. The zero-order chi connectivity index (χ0) is 28.2. The molecule has 40 heavy (non-hydrogen) atoms. The topological polar surface area (TPSA) is 65.1 Å². The van der Waals surface area contributed by atoms with Crippen molar-refractivity contribution >= 4 is 43.4 Å². The molecule has 8 heteroatoms. The number of carbonyl (C=O) groups is 2. The number of benzene rings is 2. The predicted molar refractivity (Wildman–Crippen MR) is 161 cm³/mol. The van der Waals surface area contributed by atoms with E-state index in [9.17, 15) is 9.59 Å². The Kier molecular flexibility index (Phi) is 9.49. The molecule has 0 N–H and O–H groups in total. The molecular formula is C32H35Br2NO5. The van der Waals surface area contributed by atoms with Crippen LogP contribution in [0, 0.1) is 0 Å². The second kappa shape index (κ2) is 13.0. The molecule has 0 atom stereocenters. The number of hydrogen-bond donors (Lipinski definition) is 0. The van der Waals surface area contributed by atoms with Gasteiger partial charge in [0.15, 0.2) is 23.1 Å². The molecule has 2 aromatic carbocycles. The maximum atomic E-state index is 13.6. The van der Waals surface area contributed by atoms with Crippen LogP contribution >= 0.6 is 31.9 Å². The van der Waals surface area contributed by atoms with Gasteiger partial charge in [0.2, 0.25) is 0 Å². The van der Waals surface area contributed by atoms with Gasteiger partial charge in [-0.1, -0.05) is 28.1 Å². The highest BCUT2D eigenvalue weighted by molar-refractivity contribution is 9.10. The van der Waals surface area contributed by atoms with Crippen LogP contribution in [0.1, 0.15) is 68.9 Å². The number of hydrogen-bond acceptors (Lipinski definition) is 6. The van der Waals surface area contributed by atoms with Crippen molar-refractivity contribution in [1.82, 2.24) is 4.90 Å². The Hall–Kier alpha value is -2.42. The molecule has 0 amide bonds. The molecule has 2 aromatic rings. The Bertz CT molecular complexity index is 1300. The lowest BCUT2D eigenvalue weighted by atomic mass is 9.71. The summed E-state index contributed by atoms with van der Waals surface area (Å²) in [4.78, 5) is 29.5. The molecule has 1 heterocycles. The fourth-order valence-electron chi connectivity index (χ4n) is 6.08. The highest BCUT2D eigenvalue weighted by Crippen LogP contribution is 2.51. The molecule has 0 fully saturated rings. The van der Waals surface area contributed by atoms with Gasteiger partial charge in [0.1, 0.15) is 6.61 Å². The third-order valence-corrected chi connectivity index (χ3v) is 8.90. The Balaban J connectivity index is 1.58. The fourth-order valence-corrected chi connectivity index (χ4v) is 6.92. The lowest BCUT2D eigenvalue weighted by Gasteiger charge is -2.44. The van der Waals surface area contributed by atoms with Gasteiger partial charge in [-0.15, -0.1) is 0 Å². The van der Waals surface area contributed by atoms with Gasteiger partial charge in [-0.05, 0) is 90.4 Å². The van der Waals surface area contributed by atoms with E-state index >= 15 is 0 Å². The molecule has 0 saturated heterocycles. The van der Waals surface area contributed by atoms with Crippen molar-refractivity contribution in [3.05, 3.63) is 79.0 Å². The minimum absolute atomic E-state index is 0.137. The van der Waals surface area contributed by atoms with Crippen molar-refractivity contribution in [1.29, 1.82) is 0 Å². The van der Waals surface area contributed by atoms with Crippen LogP contribution in [-0.2, 0) is 20.9 Å². The summed E-state index contributed by atoms with van der Waals surface area (Å²) in [6.45, 7) is 4.16. The van der Waals surface area contributed by atoms with E-state index in [1.165, 1.54) is 0 Å². The standard InChI is InChI=1S/C32H35Br2NO5/c1-3-39-28-18-21(17-23(34)32(28)40-19-20-11-13-22(33)14-12-20)29-30-24(7-4-9-26(30)36)35(15-6-16-38-2)25-8-5-10-27(37)31(25)29/h11-14,17-18,29H,3-10,15-16,19H2,1-2H3. The van der Waals surface area contributed by atoms with Crippen molar-refractivity contribution in [3.8, 4) is 11.5 Å². The maximum absolute atomic E-state index is 13.6. The van der Waals surface area contributed by atoms with Gasteiger partial charge in [-0.25, -0.2) is 0 Å². The van der Waals surface area contributed by atoms with Crippen LogP contribution in [-0.4, -0.2) is 43.3 Å². The molecule has 3 aliphatic rings. The molecule has 212 valence electrons. The minimum Gasteiger partial charge on any atom is -0.490 e. The Morgan fingerprint density at radius 2 is 1.55 bits per heavy atom. The largest absolute Gasteiger partial charge is 0.490 e. The SMILES string of the molecule is CCOc1cc(C2C3=C(CCCC3=O)N(CCCOC)C3=C2C(=O)CCC3)cc(Br)c1OCc1ccc(Br)cc1. The van der Waals surface area contributed by atoms with Crippen LogP contribution in [0.2, 0.25) is 0 Å². The first kappa shape index (κ1) is 29.1. The van der Waals surface area contributed by atoms with Crippen LogP contribution in [0.3, 0.4) is 0 Å². The van der Waals surface area contributed by atoms with Gasteiger partial charge in [0, 0.05) is 66.0 Å². The number of nitrogens with zero attached hydrogens (tertiary/aromatic N) is 1. The number of allylic oxidation sites excluding steroid dienone is 4. The molecule has 5 rings (SSSR count). The van der Waals surface area contributed by atoms with E-state index < -0.39 is 5.92 Å². The van der Waals surface area contributed by atoms with Crippen LogP contribution < -0.4 is 9.47 Å². The molecule has 0 bridgehead atoms. The number of rotatable bonds is 10. The zero-order valence-corrected chi connectivity index (χ0v) is 26.2. The molecule has 0 saturated carbocycles. The molecule has 0 spiro atoms. The van der Waals surface area contributed by atoms with E-state index in [1.807, 2.05) is 43.3 Å². The lowest BCUT2D eigenvalue weighted by molar-refractivity contribution is -0.117. The summed E-state index contributed by atoms with van der Waals surface area (Å²) < 4.78 is 19.4. The van der Waals surface area contributed by atoms with Gasteiger partial charge in [0.05, 0.1) is 11.1 Å². The second-order valence-electron chi connectivity index (χ2n) is 10.4. The third kappa shape index (κ3) is 5.95. The molecule has 1 aliphatic heterocycles. The van der Waals surface area contributed by atoms with Crippen LogP contribution in [0.25, 0.3) is 0 Å². The van der Waals surface area contributed by atoms with Crippen molar-refractivity contribution in [3.63, 3.8) is 0 Å². The molecule has 6 nitrogen and oxygen atoms in total. The maximum Gasteiger partial charge on any atom is 0.175 e. The summed E-state index contributed by atoms with van der Waals surface area (Å²) in [6, 6.07) is 12.0. The summed E-state index contributed by atoms with van der Waals surface area (Å²) in [5.74, 6) is 1.08. The first-order valence-corrected chi connectivity index (χ1v) is 15.6. The summed E-state index contributed by atoms with van der Waals surface area (Å²) in [5.41, 5.74) is 5.62. The number of ketones is 2. The van der Waals surface area contributed by atoms with Crippen molar-refractivity contribution in [2.45, 2.75) is 64.4 Å². The van der Waals surface area contributed by atoms with Crippen molar-refractivity contribution in [2.24, 2.45) is 0 Å². The number of halogens is 2. The van der Waals surface area contributed by atoms with Gasteiger partial charge >= 0.3 is 0 Å². The molecule has 0 unspecified atom stereocenters. The highest BCUT2D eigenvalue weighted by atomic mass is 79.9. The van der Waals surface area contributed by atoms with Gasteiger partial charge in [-0.2, -0.15) is 0 Å². The first-order chi connectivity index (χ1) is 19.4. The Morgan fingerprint density at radius 1 is 0.900 bits per heavy atom. The number of ether oxygens (including phenoxy) is 3. The Labute approximate surface area is 253 Å². The summed E-state index contributed by atoms with van der Waals surface area (Å²) in [5, 5.41) is 0. The summed E-state index contributed by atoms with van der Waals surface area (Å²) >= 11 is 7.22. The van der Waals surface area contributed by atoms with E-state index in [2.05, 4.69) is 36.8 Å². The summed E-state index contributed by atoms with van der Waals surface area (Å²) in [7, 11) is 1.70. The van der Waals surface area contributed by atoms with Crippen LogP contribution in [0.4, 0.5) is 0 Å². The number of carbonyl (C=O) groups excluding carboxylic acids is 2. The average molecular weight is 673 g/mol. The predicted octanol–water partition coefficient (Wildman–Crippen LogP) is 7.64. The average Bonchev–Trinajstić information content (AvgIpc) is 2.94.